The average Bonchev–Trinajstić information content (AvgIpc) is 3.40. The lowest BCUT2D eigenvalue weighted by atomic mass is 10.1. The summed E-state index contributed by atoms with van der Waals surface area (Å²) in [6.45, 7) is -0.441. The van der Waals surface area contributed by atoms with Crippen molar-refractivity contribution in [3.8, 4) is 0 Å². The van der Waals surface area contributed by atoms with E-state index in [2.05, 4.69) is 10.6 Å². The maximum Gasteiger partial charge on any atom is 0.264 e. The minimum Gasteiger partial charge on any atom is -0.467 e. The van der Waals surface area contributed by atoms with E-state index in [1.807, 2.05) is 0 Å². The Balaban J connectivity index is 1.59. The number of nitrogens with zero attached hydrogens (tertiary/aromatic N) is 1. The van der Waals surface area contributed by atoms with E-state index in [9.17, 15) is 18.0 Å². The summed E-state index contributed by atoms with van der Waals surface area (Å²) in [6, 6.07) is 21.7. The van der Waals surface area contributed by atoms with Crippen LogP contribution in [0, 0.1) is 0 Å². The summed E-state index contributed by atoms with van der Waals surface area (Å²) in [5, 5.41) is 5.77. The lowest BCUT2D eigenvalue weighted by molar-refractivity contribution is -0.114. The van der Waals surface area contributed by atoms with E-state index < -0.39 is 28.4 Å². The third kappa shape index (κ3) is 6.51. The van der Waals surface area contributed by atoms with Crippen LogP contribution in [-0.4, -0.2) is 26.8 Å². The maximum absolute atomic E-state index is 13.5. The van der Waals surface area contributed by atoms with Crippen LogP contribution >= 0.6 is 23.2 Å². The smallest absolute Gasteiger partial charge is 0.264 e. The number of carbonyl (C=O) groups is 2. The fourth-order valence-corrected chi connectivity index (χ4v) is 5.44. The largest absolute Gasteiger partial charge is 0.467 e. The first-order valence-electron chi connectivity index (χ1n) is 11.0. The molecule has 3 aromatic carbocycles. The summed E-state index contributed by atoms with van der Waals surface area (Å²) in [5.41, 5.74) is 0.525. The van der Waals surface area contributed by atoms with Crippen molar-refractivity contribution in [3.63, 3.8) is 0 Å². The number of benzene rings is 3. The van der Waals surface area contributed by atoms with Gasteiger partial charge < -0.3 is 15.1 Å². The fraction of sp³-hybridized carbons (Fsp3) is 0.0769. The van der Waals surface area contributed by atoms with Crippen molar-refractivity contribution in [3.05, 3.63) is 113 Å². The van der Waals surface area contributed by atoms with E-state index in [1.165, 1.54) is 36.6 Å². The Morgan fingerprint density at radius 2 is 1.54 bits per heavy atom. The molecule has 190 valence electrons. The van der Waals surface area contributed by atoms with Crippen LogP contribution in [0.4, 0.5) is 11.4 Å². The molecule has 1 aromatic heterocycles. The minimum atomic E-state index is -4.17. The number of hydrogen-bond donors (Lipinski definition) is 2. The molecule has 11 heteroatoms. The zero-order chi connectivity index (χ0) is 26.4. The quantitative estimate of drug-likeness (QED) is 0.288. The summed E-state index contributed by atoms with van der Waals surface area (Å²) in [4.78, 5) is 25.9. The van der Waals surface area contributed by atoms with Gasteiger partial charge in [-0.05, 0) is 54.6 Å². The van der Waals surface area contributed by atoms with Gasteiger partial charge in [-0.25, -0.2) is 8.42 Å². The van der Waals surface area contributed by atoms with Crippen LogP contribution in [0.2, 0.25) is 10.0 Å². The third-order valence-corrected chi connectivity index (χ3v) is 7.43. The molecule has 2 N–H and O–H groups in total. The van der Waals surface area contributed by atoms with Crippen molar-refractivity contribution in [1.82, 2.24) is 5.32 Å². The first-order valence-corrected chi connectivity index (χ1v) is 13.2. The van der Waals surface area contributed by atoms with E-state index in [0.29, 0.717) is 5.76 Å². The Morgan fingerprint density at radius 1 is 0.865 bits per heavy atom. The van der Waals surface area contributed by atoms with E-state index >= 15 is 0 Å². The topological polar surface area (TPSA) is 109 Å². The van der Waals surface area contributed by atoms with Gasteiger partial charge in [-0.3, -0.25) is 13.9 Å². The fourth-order valence-electron chi connectivity index (χ4n) is 3.50. The van der Waals surface area contributed by atoms with Crippen molar-refractivity contribution >= 4 is 56.4 Å². The SMILES string of the molecule is O=C(CN(c1cc(Cl)cc(Cl)c1)S(=O)(=O)c1ccccc1)Nc1ccccc1C(=O)NCc1ccco1. The Morgan fingerprint density at radius 3 is 2.22 bits per heavy atom. The van der Waals surface area contributed by atoms with E-state index in [4.69, 9.17) is 27.6 Å². The number of furan rings is 1. The molecule has 1 heterocycles. The second kappa shape index (κ2) is 11.5. The molecule has 0 aliphatic heterocycles. The van der Waals surface area contributed by atoms with Crippen LogP contribution in [0.3, 0.4) is 0 Å². The maximum atomic E-state index is 13.5. The zero-order valence-electron chi connectivity index (χ0n) is 19.2. The Bertz CT molecular complexity index is 1490. The van der Waals surface area contributed by atoms with Gasteiger partial charge in [-0.2, -0.15) is 0 Å². The van der Waals surface area contributed by atoms with Crippen LogP contribution in [-0.2, 0) is 21.4 Å². The Kier molecular flexibility index (Phi) is 8.17. The van der Waals surface area contributed by atoms with Crippen molar-refractivity contribution in [1.29, 1.82) is 0 Å². The molecule has 37 heavy (non-hydrogen) atoms. The Hall–Kier alpha value is -3.79. The number of nitrogens with one attached hydrogen (secondary N) is 2. The molecule has 0 fully saturated rings. The van der Waals surface area contributed by atoms with E-state index in [-0.39, 0.29) is 38.4 Å². The highest BCUT2D eigenvalue weighted by Crippen LogP contribution is 2.30. The number of anilines is 2. The molecule has 2 amide bonds. The van der Waals surface area contributed by atoms with Crippen LogP contribution in [0.15, 0.2) is 101 Å². The number of amides is 2. The number of carbonyl (C=O) groups excluding carboxylic acids is 2. The molecule has 0 atom stereocenters. The van der Waals surface area contributed by atoms with Gasteiger partial charge in [0.05, 0.1) is 34.6 Å². The molecule has 0 saturated heterocycles. The molecular weight excluding hydrogens is 537 g/mol. The highest BCUT2D eigenvalue weighted by molar-refractivity contribution is 7.92. The zero-order valence-corrected chi connectivity index (χ0v) is 21.6. The van der Waals surface area contributed by atoms with Crippen LogP contribution < -0.4 is 14.9 Å². The van der Waals surface area contributed by atoms with Gasteiger partial charge in [0.15, 0.2) is 0 Å². The monoisotopic (exact) mass is 557 g/mol. The molecule has 0 unspecified atom stereocenters. The predicted octanol–water partition coefficient (Wildman–Crippen LogP) is 5.35. The summed E-state index contributed by atoms with van der Waals surface area (Å²) in [7, 11) is -4.17. The number of halogens is 2. The number of sulfonamides is 1. The molecule has 4 aromatic rings. The molecule has 0 aliphatic carbocycles. The van der Waals surface area contributed by atoms with Gasteiger partial charge in [-0.15, -0.1) is 0 Å². The summed E-state index contributed by atoms with van der Waals surface area (Å²) < 4.78 is 33.1. The molecule has 8 nitrogen and oxygen atoms in total. The van der Waals surface area contributed by atoms with Gasteiger partial charge in [0.1, 0.15) is 12.3 Å². The standard InChI is InChI=1S/C26H21Cl2N3O5S/c27-18-13-19(28)15-20(14-18)31(37(34,35)22-8-2-1-3-9-22)17-25(32)30-24-11-5-4-10-23(24)26(33)29-16-21-7-6-12-36-21/h1-15H,16-17H2,(H,29,33)(H,30,32). The molecule has 0 saturated carbocycles. The molecule has 0 spiro atoms. The molecule has 0 bridgehead atoms. The van der Waals surface area contributed by atoms with Crippen molar-refractivity contribution in [2.45, 2.75) is 11.4 Å². The van der Waals surface area contributed by atoms with Crippen LogP contribution in [0.25, 0.3) is 0 Å². The highest BCUT2D eigenvalue weighted by Gasteiger charge is 2.28. The molecule has 0 aliphatic rings. The van der Waals surface area contributed by atoms with Gasteiger partial charge in [0.25, 0.3) is 15.9 Å². The van der Waals surface area contributed by atoms with Gasteiger partial charge >= 0.3 is 0 Å². The summed E-state index contributed by atoms with van der Waals surface area (Å²) in [6.07, 6.45) is 1.50. The van der Waals surface area contributed by atoms with Gasteiger partial charge in [-0.1, -0.05) is 53.5 Å². The van der Waals surface area contributed by atoms with Gasteiger partial charge in [0.2, 0.25) is 5.91 Å². The number of para-hydroxylation sites is 1. The second-order valence-electron chi connectivity index (χ2n) is 7.81. The minimum absolute atomic E-state index is 0.0170. The summed E-state index contributed by atoms with van der Waals surface area (Å²) >= 11 is 12.2. The highest BCUT2D eigenvalue weighted by atomic mass is 35.5. The van der Waals surface area contributed by atoms with Crippen molar-refractivity contribution in [2.24, 2.45) is 0 Å². The lowest BCUT2D eigenvalue weighted by Crippen LogP contribution is -2.38. The Labute approximate surface area is 223 Å². The lowest BCUT2D eigenvalue weighted by Gasteiger charge is -2.24. The van der Waals surface area contributed by atoms with E-state index in [1.54, 1.807) is 54.6 Å². The number of hydrogen-bond acceptors (Lipinski definition) is 5. The average molecular weight is 558 g/mol. The molecule has 4 rings (SSSR count). The van der Waals surface area contributed by atoms with Crippen LogP contribution in [0.1, 0.15) is 16.1 Å². The number of rotatable bonds is 9. The summed E-state index contributed by atoms with van der Waals surface area (Å²) in [5.74, 6) is -0.554. The molecular formula is C26H21Cl2N3O5S. The molecule has 0 radical (unpaired) electrons. The normalized spacial score (nSPS) is 11.1. The predicted molar refractivity (Wildman–Crippen MR) is 142 cm³/mol. The van der Waals surface area contributed by atoms with Gasteiger partial charge in [0, 0.05) is 10.0 Å². The first kappa shape index (κ1) is 26.3. The van der Waals surface area contributed by atoms with Crippen LogP contribution in [0.5, 0.6) is 0 Å². The second-order valence-corrected chi connectivity index (χ2v) is 10.5. The van der Waals surface area contributed by atoms with E-state index in [0.717, 1.165) is 4.31 Å². The first-order chi connectivity index (χ1) is 17.7. The van der Waals surface area contributed by atoms with Crippen molar-refractivity contribution in [2.75, 3.05) is 16.2 Å². The van der Waals surface area contributed by atoms with Crippen molar-refractivity contribution < 1.29 is 22.4 Å². The third-order valence-electron chi connectivity index (χ3n) is 5.20.